The molecule has 0 fully saturated rings. The molecule has 9 heteroatoms. The maximum Gasteiger partial charge on any atom is 0.491 e. The predicted molar refractivity (Wildman–Crippen MR) is 74.9 cm³/mol. The normalized spacial score (nSPS) is 11.5. The van der Waals surface area contributed by atoms with Gasteiger partial charge in [-0.25, -0.2) is 9.59 Å². The second kappa shape index (κ2) is 7.95. The summed E-state index contributed by atoms with van der Waals surface area (Å²) >= 11 is 3.23. The summed E-state index contributed by atoms with van der Waals surface area (Å²) in [7, 11) is 0. The first-order valence-corrected chi connectivity index (χ1v) is 6.67. The number of halogens is 4. The maximum atomic E-state index is 11.9. The highest BCUT2D eigenvalue weighted by atomic mass is 79.9. The summed E-state index contributed by atoms with van der Waals surface area (Å²) < 4.78 is 45.4. The minimum atomic E-state index is -5.23. The third-order valence-corrected chi connectivity index (χ3v) is 2.81. The van der Waals surface area contributed by atoms with Gasteiger partial charge in [0.1, 0.15) is 12.4 Å². The highest BCUT2D eigenvalue weighted by Crippen LogP contribution is 2.30. The van der Waals surface area contributed by atoms with Crippen LogP contribution in [0.2, 0.25) is 0 Å². The third-order valence-electron chi connectivity index (χ3n) is 2.19. The molecule has 0 unspecified atom stereocenters. The summed E-state index contributed by atoms with van der Waals surface area (Å²) in [6.07, 6.45) is -3.36. The van der Waals surface area contributed by atoms with Crippen LogP contribution in [0.3, 0.4) is 0 Å². The molecule has 0 spiro atoms. The summed E-state index contributed by atoms with van der Waals surface area (Å²) in [6.45, 7) is 0.465. The Morgan fingerprint density at radius 3 is 2.59 bits per heavy atom. The molecule has 1 rings (SSSR count). The minimum absolute atomic E-state index is 0.209. The Kier molecular flexibility index (Phi) is 6.57. The highest BCUT2D eigenvalue weighted by Gasteiger charge is 2.42. The monoisotopic (exact) mass is 381 g/mol. The van der Waals surface area contributed by atoms with E-state index in [1.165, 1.54) is 6.08 Å². The number of ether oxygens (including phenoxy) is 2. The number of carbonyl (C=O) groups excluding carboxylic acids is 2. The van der Waals surface area contributed by atoms with Crippen LogP contribution < -0.4 is 10.5 Å². The molecular formula is C13H11BrF3NO4. The first-order valence-electron chi connectivity index (χ1n) is 5.88. The van der Waals surface area contributed by atoms with Crippen molar-refractivity contribution in [2.45, 2.75) is 6.18 Å². The van der Waals surface area contributed by atoms with E-state index in [4.69, 9.17) is 10.5 Å². The van der Waals surface area contributed by atoms with Crippen LogP contribution in [-0.2, 0) is 14.3 Å². The van der Waals surface area contributed by atoms with E-state index in [0.717, 1.165) is 0 Å². The van der Waals surface area contributed by atoms with Gasteiger partial charge in [0.15, 0.2) is 0 Å². The first kappa shape index (κ1) is 18.2. The van der Waals surface area contributed by atoms with Gasteiger partial charge in [-0.1, -0.05) is 12.1 Å². The van der Waals surface area contributed by atoms with Gasteiger partial charge in [0.2, 0.25) is 0 Å². The van der Waals surface area contributed by atoms with Crippen LogP contribution in [0.15, 0.2) is 28.7 Å². The number of nitrogens with two attached hydrogens (primary N) is 1. The quantitative estimate of drug-likeness (QED) is 0.481. The molecule has 120 valence electrons. The SMILES string of the molecule is NCCOc1c(Br)cccc1/C=C/C(=O)OC(=O)C(F)(F)F. The van der Waals surface area contributed by atoms with Gasteiger partial charge in [0, 0.05) is 18.2 Å². The molecule has 0 bridgehead atoms. The van der Waals surface area contributed by atoms with E-state index in [2.05, 4.69) is 20.7 Å². The van der Waals surface area contributed by atoms with Crippen molar-refractivity contribution in [3.63, 3.8) is 0 Å². The average Bonchev–Trinajstić information content (AvgIpc) is 2.43. The van der Waals surface area contributed by atoms with Crippen molar-refractivity contribution in [3.05, 3.63) is 34.3 Å². The first-order chi connectivity index (χ1) is 10.3. The second-order valence-corrected chi connectivity index (χ2v) is 4.69. The molecule has 0 aliphatic carbocycles. The Hall–Kier alpha value is -1.87. The van der Waals surface area contributed by atoms with E-state index in [1.54, 1.807) is 18.2 Å². The van der Waals surface area contributed by atoms with E-state index in [1.807, 2.05) is 0 Å². The van der Waals surface area contributed by atoms with Gasteiger partial charge < -0.3 is 15.2 Å². The number of esters is 2. The Balaban J connectivity index is 2.83. The van der Waals surface area contributed by atoms with Crippen molar-refractivity contribution in [3.8, 4) is 5.75 Å². The van der Waals surface area contributed by atoms with Crippen LogP contribution in [0.5, 0.6) is 5.75 Å². The molecule has 0 amide bonds. The van der Waals surface area contributed by atoms with Crippen LogP contribution in [0, 0.1) is 0 Å². The van der Waals surface area contributed by atoms with E-state index < -0.39 is 18.1 Å². The largest absolute Gasteiger partial charge is 0.491 e. The standard InChI is InChI=1S/C13H11BrF3NO4/c14-9-3-1-2-8(11(9)21-7-6-18)4-5-10(19)22-12(20)13(15,16)17/h1-5H,6-7,18H2/b5-4+. The fourth-order valence-corrected chi connectivity index (χ4v) is 1.81. The van der Waals surface area contributed by atoms with Crippen molar-refractivity contribution in [2.24, 2.45) is 5.73 Å². The number of alkyl halides is 3. The number of para-hydroxylation sites is 1. The molecule has 2 N–H and O–H groups in total. The predicted octanol–water partition coefficient (Wildman–Crippen LogP) is 2.43. The average molecular weight is 382 g/mol. The van der Waals surface area contributed by atoms with Crippen molar-refractivity contribution < 1.29 is 32.2 Å². The molecule has 5 nitrogen and oxygen atoms in total. The van der Waals surface area contributed by atoms with Crippen molar-refractivity contribution >= 4 is 33.9 Å². The number of carbonyl (C=O) groups is 2. The van der Waals surface area contributed by atoms with Gasteiger partial charge in [-0.05, 0) is 28.1 Å². The molecule has 0 aromatic heterocycles. The molecular weight excluding hydrogens is 371 g/mol. The molecule has 1 aromatic rings. The molecule has 0 atom stereocenters. The van der Waals surface area contributed by atoms with E-state index in [-0.39, 0.29) is 13.2 Å². The van der Waals surface area contributed by atoms with Gasteiger partial charge in [0.25, 0.3) is 0 Å². The molecule has 0 saturated carbocycles. The zero-order chi connectivity index (χ0) is 16.8. The van der Waals surface area contributed by atoms with Crippen LogP contribution >= 0.6 is 15.9 Å². The van der Waals surface area contributed by atoms with Crippen molar-refractivity contribution in [1.82, 2.24) is 0 Å². The van der Waals surface area contributed by atoms with Gasteiger partial charge in [-0.3, -0.25) is 0 Å². The highest BCUT2D eigenvalue weighted by molar-refractivity contribution is 9.10. The lowest BCUT2D eigenvalue weighted by Gasteiger charge is -2.10. The Bertz CT molecular complexity index is 587. The van der Waals surface area contributed by atoms with Gasteiger partial charge in [0.05, 0.1) is 4.47 Å². The van der Waals surface area contributed by atoms with Crippen LogP contribution in [-0.4, -0.2) is 31.3 Å². The summed E-state index contributed by atoms with van der Waals surface area (Å²) in [5, 5.41) is 0. The third kappa shape index (κ3) is 5.49. The van der Waals surface area contributed by atoms with E-state index in [9.17, 15) is 22.8 Å². The van der Waals surface area contributed by atoms with E-state index >= 15 is 0 Å². The van der Waals surface area contributed by atoms with Gasteiger partial charge in [-0.15, -0.1) is 0 Å². The summed E-state index contributed by atoms with van der Waals surface area (Å²) in [5.74, 6) is -3.65. The van der Waals surface area contributed by atoms with Crippen molar-refractivity contribution in [2.75, 3.05) is 13.2 Å². The lowest BCUT2D eigenvalue weighted by atomic mass is 10.2. The Morgan fingerprint density at radius 2 is 2.00 bits per heavy atom. The molecule has 0 aliphatic rings. The van der Waals surface area contributed by atoms with Crippen LogP contribution in [0.25, 0.3) is 6.08 Å². The number of rotatable bonds is 5. The number of hydrogen-bond acceptors (Lipinski definition) is 5. The summed E-state index contributed by atoms with van der Waals surface area (Å²) in [5.41, 5.74) is 5.72. The smallest absolute Gasteiger partial charge is 0.490 e. The zero-order valence-electron chi connectivity index (χ0n) is 11.0. The number of benzene rings is 1. The summed E-state index contributed by atoms with van der Waals surface area (Å²) in [6, 6.07) is 4.87. The van der Waals surface area contributed by atoms with E-state index in [0.29, 0.717) is 21.9 Å². The van der Waals surface area contributed by atoms with Gasteiger partial charge in [-0.2, -0.15) is 13.2 Å². The fourth-order valence-electron chi connectivity index (χ4n) is 1.31. The zero-order valence-corrected chi connectivity index (χ0v) is 12.6. The molecule has 22 heavy (non-hydrogen) atoms. The molecule has 0 saturated heterocycles. The fraction of sp³-hybridized carbons (Fsp3) is 0.231. The second-order valence-electron chi connectivity index (χ2n) is 3.83. The summed E-state index contributed by atoms with van der Waals surface area (Å²) in [4.78, 5) is 21.7. The Labute approximate surface area is 132 Å². The Morgan fingerprint density at radius 1 is 1.32 bits per heavy atom. The van der Waals surface area contributed by atoms with Crippen molar-refractivity contribution in [1.29, 1.82) is 0 Å². The molecule has 0 radical (unpaired) electrons. The number of hydrogen-bond donors (Lipinski definition) is 1. The molecule has 0 heterocycles. The van der Waals surface area contributed by atoms with Gasteiger partial charge >= 0.3 is 18.1 Å². The maximum absolute atomic E-state index is 11.9. The lowest BCUT2D eigenvalue weighted by Crippen LogP contribution is -2.27. The lowest BCUT2D eigenvalue weighted by molar-refractivity contribution is -0.200. The molecule has 0 aliphatic heterocycles. The minimum Gasteiger partial charge on any atom is -0.490 e. The molecule has 1 aromatic carbocycles. The van der Waals surface area contributed by atoms with Crippen LogP contribution in [0.4, 0.5) is 13.2 Å². The topological polar surface area (TPSA) is 78.6 Å². The van der Waals surface area contributed by atoms with Crippen LogP contribution in [0.1, 0.15) is 5.56 Å².